The maximum atomic E-state index is 5.63. The normalized spacial score (nSPS) is 10.6. The SMILES string of the molecule is CN(C)CCNc1ccccc1CN. The number of nitrogens with two attached hydrogens (primary N) is 1. The van der Waals surface area contributed by atoms with Crippen LogP contribution < -0.4 is 11.1 Å². The van der Waals surface area contributed by atoms with Crippen LogP contribution in [0, 0.1) is 0 Å². The zero-order valence-electron chi connectivity index (χ0n) is 8.96. The molecule has 0 bridgehead atoms. The molecule has 0 amide bonds. The Bertz CT molecular complexity index is 271. The topological polar surface area (TPSA) is 41.3 Å². The molecule has 1 aromatic rings. The van der Waals surface area contributed by atoms with Gasteiger partial charge in [0, 0.05) is 25.3 Å². The van der Waals surface area contributed by atoms with Gasteiger partial charge in [-0.1, -0.05) is 18.2 Å². The van der Waals surface area contributed by atoms with Crippen LogP contribution in [0.15, 0.2) is 24.3 Å². The predicted molar refractivity (Wildman–Crippen MR) is 61.4 cm³/mol. The third-order valence-electron chi connectivity index (χ3n) is 2.11. The molecule has 1 rings (SSSR count). The summed E-state index contributed by atoms with van der Waals surface area (Å²) in [6.45, 7) is 2.56. The molecule has 0 aliphatic heterocycles. The molecule has 14 heavy (non-hydrogen) atoms. The van der Waals surface area contributed by atoms with E-state index in [2.05, 4.69) is 36.4 Å². The molecule has 3 nitrogen and oxygen atoms in total. The Morgan fingerprint density at radius 3 is 2.64 bits per heavy atom. The third kappa shape index (κ3) is 3.36. The molecule has 0 atom stereocenters. The van der Waals surface area contributed by atoms with Crippen LogP contribution >= 0.6 is 0 Å². The van der Waals surface area contributed by atoms with Crippen LogP contribution in [-0.4, -0.2) is 32.1 Å². The van der Waals surface area contributed by atoms with E-state index in [1.165, 1.54) is 5.56 Å². The molecule has 3 N–H and O–H groups in total. The van der Waals surface area contributed by atoms with Gasteiger partial charge in [-0.25, -0.2) is 0 Å². The van der Waals surface area contributed by atoms with Crippen LogP contribution in [0.3, 0.4) is 0 Å². The smallest absolute Gasteiger partial charge is 0.0386 e. The Morgan fingerprint density at radius 1 is 1.29 bits per heavy atom. The lowest BCUT2D eigenvalue weighted by Crippen LogP contribution is -2.21. The molecule has 0 aliphatic rings. The lowest BCUT2D eigenvalue weighted by atomic mass is 10.2. The van der Waals surface area contributed by atoms with E-state index >= 15 is 0 Å². The molecule has 0 radical (unpaired) electrons. The number of benzene rings is 1. The van der Waals surface area contributed by atoms with Crippen molar-refractivity contribution >= 4 is 5.69 Å². The van der Waals surface area contributed by atoms with E-state index in [4.69, 9.17) is 5.73 Å². The number of rotatable bonds is 5. The summed E-state index contributed by atoms with van der Waals surface area (Å²) in [7, 11) is 4.13. The summed E-state index contributed by atoms with van der Waals surface area (Å²) >= 11 is 0. The molecule has 0 heterocycles. The van der Waals surface area contributed by atoms with Gasteiger partial charge in [0.05, 0.1) is 0 Å². The number of nitrogens with zero attached hydrogens (tertiary/aromatic N) is 1. The molecule has 0 fully saturated rings. The molecule has 3 heteroatoms. The van der Waals surface area contributed by atoms with Crippen LogP contribution in [-0.2, 0) is 6.54 Å². The highest BCUT2D eigenvalue weighted by Gasteiger charge is 1.98. The minimum Gasteiger partial charge on any atom is -0.383 e. The van der Waals surface area contributed by atoms with E-state index in [0.717, 1.165) is 18.8 Å². The minimum absolute atomic E-state index is 0.588. The van der Waals surface area contributed by atoms with Gasteiger partial charge in [-0.05, 0) is 25.7 Å². The van der Waals surface area contributed by atoms with Crippen molar-refractivity contribution in [2.24, 2.45) is 5.73 Å². The highest BCUT2D eigenvalue weighted by Crippen LogP contribution is 2.13. The monoisotopic (exact) mass is 193 g/mol. The second-order valence-electron chi connectivity index (χ2n) is 3.59. The number of hydrogen-bond donors (Lipinski definition) is 2. The molecule has 0 saturated heterocycles. The van der Waals surface area contributed by atoms with Gasteiger partial charge < -0.3 is 16.0 Å². The number of hydrogen-bond acceptors (Lipinski definition) is 3. The van der Waals surface area contributed by atoms with Crippen LogP contribution in [0.5, 0.6) is 0 Å². The highest BCUT2D eigenvalue weighted by atomic mass is 15.1. The summed E-state index contributed by atoms with van der Waals surface area (Å²) in [6.07, 6.45) is 0. The van der Waals surface area contributed by atoms with Crippen molar-refractivity contribution in [2.45, 2.75) is 6.54 Å². The van der Waals surface area contributed by atoms with Gasteiger partial charge in [-0.3, -0.25) is 0 Å². The number of para-hydroxylation sites is 1. The lowest BCUT2D eigenvalue weighted by molar-refractivity contribution is 0.425. The largest absolute Gasteiger partial charge is 0.383 e. The summed E-state index contributed by atoms with van der Waals surface area (Å²) < 4.78 is 0. The molecular weight excluding hydrogens is 174 g/mol. The average Bonchev–Trinajstić information content (AvgIpc) is 2.18. The Labute approximate surface area is 85.9 Å². The van der Waals surface area contributed by atoms with Gasteiger partial charge in [-0.15, -0.1) is 0 Å². The quantitative estimate of drug-likeness (QED) is 0.736. The Morgan fingerprint density at radius 2 is 2.00 bits per heavy atom. The molecule has 0 saturated carbocycles. The van der Waals surface area contributed by atoms with Crippen LogP contribution in [0.1, 0.15) is 5.56 Å². The van der Waals surface area contributed by atoms with E-state index in [1.807, 2.05) is 12.1 Å². The first kappa shape index (κ1) is 11.0. The average molecular weight is 193 g/mol. The van der Waals surface area contributed by atoms with Crippen molar-refractivity contribution in [3.8, 4) is 0 Å². The van der Waals surface area contributed by atoms with Gasteiger partial charge in [-0.2, -0.15) is 0 Å². The van der Waals surface area contributed by atoms with Gasteiger partial charge >= 0.3 is 0 Å². The third-order valence-corrected chi connectivity index (χ3v) is 2.11. The van der Waals surface area contributed by atoms with Crippen molar-refractivity contribution < 1.29 is 0 Å². The first-order chi connectivity index (χ1) is 6.74. The second-order valence-corrected chi connectivity index (χ2v) is 3.59. The number of nitrogens with one attached hydrogen (secondary N) is 1. The summed E-state index contributed by atoms with van der Waals surface area (Å²) in [5.41, 5.74) is 7.95. The summed E-state index contributed by atoms with van der Waals surface area (Å²) in [5, 5.41) is 3.37. The van der Waals surface area contributed by atoms with E-state index < -0.39 is 0 Å². The van der Waals surface area contributed by atoms with Gasteiger partial charge in [0.25, 0.3) is 0 Å². The van der Waals surface area contributed by atoms with Gasteiger partial charge in [0.2, 0.25) is 0 Å². The molecular formula is C11H19N3. The zero-order chi connectivity index (χ0) is 10.4. The molecule has 0 spiro atoms. The first-order valence-electron chi connectivity index (χ1n) is 4.90. The first-order valence-corrected chi connectivity index (χ1v) is 4.90. The van der Waals surface area contributed by atoms with E-state index in [-0.39, 0.29) is 0 Å². The Balaban J connectivity index is 2.49. The van der Waals surface area contributed by atoms with Crippen molar-refractivity contribution in [1.29, 1.82) is 0 Å². The fraction of sp³-hybridized carbons (Fsp3) is 0.455. The predicted octanol–water partition coefficient (Wildman–Crippen LogP) is 1.12. The number of anilines is 1. The van der Waals surface area contributed by atoms with Crippen molar-refractivity contribution in [3.05, 3.63) is 29.8 Å². The summed E-state index contributed by atoms with van der Waals surface area (Å²) in [4.78, 5) is 2.15. The van der Waals surface area contributed by atoms with Crippen LogP contribution in [0.2, 0.25) is 0 Å². The zero-order valence-corrected chi connectivity index (χ0v) is 8.96. The molecule has 78 valence electrons. The van der Waals surface area contributed by atoms with Crippen LogP contribution in [0.4, 0.5) is 5.69 Å². The van der Waals surface area contributed by atoms with Gasteiger partial charge in [0.1, 0.15) is 0 Å². The fourth-order valence-corrected chi connectivity index (χ4v) is 1.28. The Kier molecular flexibility index (Phi) is 4.43. The molecule has 1 aromatic carbocycles. The van der Waals surface area contributed by atoms with Crippen molar-refractivity contribution in [3.63, 3.8) is 0 Å². The molecule has 0 aromatic heterocycles. The van der Waals surface area contributed by atoms with Crippen LogP contribution in [0.25, 0.3) is 0 Å². The van der Waals surface area contributed by atoms with E-state index in [0.29, 0.717) is 6.54 Å². The highest BCUT2D eigenvalue weighted by molar-refractivity contribution is 5.50. The standard InChI is InChI=1S/C11H19N3/c1-14(2)8-7-13-11-6-4-3-5-10(11)9-12/h3-6,13H,7-9,12H2,1-2H3. The van der Waals surface area contributed by atoms with Crippen molar-refractivity contribution in [1.82, 2.24) is 4.90 Å². The van der Waals surface area contributed by atoms with E-state index in [9.17, 15) is 0 Å². The van der Waals surface area contributed by atoms with Crippen molar-refractivity contribution in [2.75, 3.05) is 32.5 Å². The molecule has 0 unspecified atom stereocenters. The maximum Gasteiger partial charge on any atom is 0.0386 e. The second kappa shape index (κ2) is 5.62. The lowest BCUT2D eigenvalue weighted by Gasteiger charge is -2.13. The number of likely N-dealkylation sites (N-methyl/N-ethyl adjacent to an activating group) is 1. The fourth-order valence-electron chi connectivity index (χ4n) is 1.28. The summed E-state index contributed by atoms with van der Waals surface area (Å²) in [6, 6.07) is 8.16. The minimum atomic E-state index is 0.588. The summed E-state index contributed by atoms with van der Waals surface area (Å²) in [5.74, 6) is 0. The van der Waals surface area contributed by atoms with Gasteiger partial charge in [0.15, 0.2) is 0 Å². The maximum absolute atomic E-state index is 5.63. The van der Waals surface area contributed by atoms with E-state index in [1.54, 1.807) is 0 Å². The Hall–Kier alpha value is -1.06. The molecule has 0 aliphatic carbocycles.